The van der Waals surface area contributed by atoms with Gasteiger partial charge in [-0.1, -0.05) is 6.07 Å². The van der Waals surface area contributed by atoms with E-state index in [-0.39, 0.29) is 16.7 Å². The molecule has 5 nitrogen and oxygen atoms in total. The molecule has 0 unspecified atom stereocenters. The van der Waals surface area contributed by atoms with Crippen molar-refractivity contribution in [2.75, 3.05) is 7.11 Å². The molecule has 1 aromatic heterocycles. The van der Waals surface area contributed by atoms with E-state index in [0.717, 1.165) is 5.56 Å². The van der Waals surface area contributed by atoms with Gasteiger partial charge in [-0.15, -0.1) is 0 Å². The first-order valence-corrected chi connectivity index (χ1v) is 7.67. The maximum atomic E-state index is 12.3. The average molecular weight is 316 g/mol. The van der Waals surface area contributed by atoms with Crippen LogP contribution < -0.4 is 9.46 Å². The van der Waals surface area contributed by atoms with Gasteiger partial charge in [0.15, 0.2) is 5.22 Å². The fraction of sp³-hybridized carbons (Fsp3) is 0.231. The molecule has 7 heteroatoms. The Bertz CT molecular complexity index is 709. The molecule has 1 N–H and O–H groups in total. The third-order valence-corrected chi connectivity index (χ3v) is 4.30. The van der Waals surface area contributed by atoms with Gasteiger partial charge in [-0.3, -0.25) is 0 Å². The van der Waals surface area contributed by atoms with Crippen molar-refractivity contribution in [2.24, 2.45) is 0 Å². The van der Waals surface area contributed by atoms with Crippen LogP contribution in [0.15, 0.2) is 39.6 Å². The maximum absolute atomic E-state index is 12.3. The normalized spacial score (nSPS) is 11.6. The number of aryl methyl sites for hydroxylation is 1. The lowest BCUT2D eigenvalue weighted by Gasteiger charge is -2.10. The first-order valence-electron chi connectivity index (χ1n) is 5.81. The van der Waals surface area contributed by atoms with E-state index >= 15 is 0 Å². The quantitative estimate of drug-likeness (QED) is 0.921. The van der Waals surface area contributed by atoms with E-state index in [1.54, 1.807) is 30.3 Å². The van der Waals surface area contributed by atoms with Gasteiger partial charge in [-0.05, 0) is 48.4 Å². The van der Waals surface area contributed by atoms with Crippen LogP contribution in [0.1, 0.15) is 11.3 Å². The minimum absolute atomic E-state index is 0.0200. The summed E-state index contributed by atoms with van der Waals surface area (Å²) in [5.74, 6) is 0.728. The molecule has 0 radical (unpaired) electrons. The van der Waals surface area contributed by atoms with Gasteiger partial charge in [0.2, 0.25) is 10.0 Å². The van der Waals surface area contributed by atoms with Crippen LogP contribution in [-0.2, 0) is 16.6 Å². The molecule has 0 aliphatic heterocycles. The number of nitrogens with one attached hydrogen (secondary N) is 1. The molecular weight excluding hydrogens is 302 g/mol. The molecule has 0 fully saturated rings. The number of methoxy groups -OCH3 is 1. The molecule has 108 valence electrons. The van der Waals surface area contributed by atoms with Gasteiger partial charge >= 0.3 is 0 Å². The van der Waals surface area contributed by atoms with Crippen molar-refractivity contribution < 1.29 is 17.6 Å². The monoisotopic (exact) mass is 315 g/mol. The second-order valence-electron chi connectivity index (χ2n) is 4.18. The van der Waals surface area contributed by atoms with Crippen LogP contribution in [-0.4, -0.2) is 15.5 Å². The zero-order chi connectivity index (χ0) is 14.8. The Morgan fingerprint density at radius 3 is 2.65 bits per heavy atom. The molecule has 0 aliphatic rings. The summed E-state index contributed by atoms with van der Waals surface area (Å²) >= 11 is 5.63. The van der Waals surface area contributed by atoms with Crippen LogP contribution in [0.5, 0.6) is 5.75 Å². The van der Waals surface area contributed by atoms with Crippen molar-refractivity contribution in [3.63, 3.8) is 0 Å². The largest absolute Gasteiger partial charge is 0.495 e. The summed E-state index contributed by atoms with van der Waals surface area (Å²) in [6.07, 6.45) is 0. The summed E-state index contributed by atoms with van der Waals surface area (Å²) in [6, 6.07) is 8.12. The molecule has 1 aromatic carbocycles. The Balaban J connectivity index is 2.24. The summed E-state index contributed by atoms with van der Waals surface area (Å²) in [6.45, 7) is 1.83. The van der Waals surface area contributed by atoms with Gasteiger partial charge in [-0.2, -0.15) is 0 Å². The first-order chi connectivity index (χ1) is 9.42. The van der Waals surface area contributed by atoms with E-state index in [1.807, 2.05) is 6.92 Å². The number of ether oxygens (including phenoxy) is 1. The SMILES string of the molecule is COc1ccc(C)cc1S(=O)(=O)NCc1ccc(Cl)o1. The lowest BCUT2D eigenvalue weighted by atomic mass is 10.2. The maximum Gasteiger partial charge on any atom is 0.244 e. The number of benzene rings is 1. The summed E-state index contributed by atoms with van der Waals surface area (Å²) in [5.41, 5.74) is 0.826. The summed E-state index contributed by atoms with van der Waals surface area (Å²) in [7, 11) is -2.27. The Hall–Kier alpha value is -1.50. The fourth-order valence-corrected chi connectivity index (χ4v) is 3.09. The van der Waals surface area contributed by atoms with E-state index in [1.165, 1.54) is 7.11 Å². The van der Waals surface area contributed by atoms with Crippen LogP contribution >= 0.6 is 11.6 Å². The number of halogens is 1. The van der Waals surface area contributed by atoms with Gasteiger partial charge in [0, 0.05) is 0 Å². The van der Waals surface area contributed by atoms with E-state index in [0.29, 0.717) is 11.5 Å². The molecular formula is C13H14ClNO4S. The Morgan fingerprint density at radius 1 is 1.30 bits per heavy atom. The van der Waals surface area contributed by atoms with Crippen LogP contribution in [0.2, 0.25) is 5.22 Å². The second kappa shape index (κ2) is 5.87. The van der Waals surface area contributed by atoms with Crippen LogP contribution in [0.3, 0.4) is 0 Å². The number of sulfonamides is 1. The lowest BCUT2D eigenvalue weighted by Crippen LogP contribution is -2.23. The van der Waals surface area contributed by atoms with Crippen molar-refractivity contribution in [3.8, 4) is 5.75 Å². The van der Waals surface area contributed by atoms with E-state index in [2.05, 4.69) is 4.72 Å². The van der Waals surface area contributed by atoms with E-state index in [9.17, 15) is 8.42 Å². The summed E-state index contributed by atoms with van der Waals surface area (Å²) in [4.78, 5) is 0.0950. The highest BCUT2D eigenvalue weighted by atomic mass is 35.5. The molecule has 0 spiro atoms. The Labute approximate surface area is 122 Å². The topological polar surface area (TPSA) is 68.5 Å². The van der Waals surface area contributed by atoms with Crippen LogP contribution in [0.25, 0.3) is 0 Å². The molecule has 0 saturated carbocycles. The zero-order valence-electron chi connectivity index (χ0n) is 11.0. The third-order valence-electron chi connectivity index (χ3n) is 2.67. The van der Waals surface area contributed by atoms with Crippen molar-refractivity contribution >= 4 is 21.6 Å². The van der Waals surface area contributed by atoms with Crippen molar-refractivity contribution in [1.82, 2.24) is 4.72 Å². The standard InChI is InChI=1S/C13H14ClNO4S/c1-9-3-5-11(18-2)12(7-9)20(16,17)15-8-10-4-6-13(14)19-10/h3-7,15H,8H2,1-2H3. The molecule has 20 heavy (non-hydrogen) atoms. The predicted octanol–water partition coefficient (Wildman–Crippen LogP) is 2.73. The second-order valence-corrected chi connectivity index (χ2v) is 6.29. The van der Waals surface area contributed by atoms with Crippen LogP contribution in [0, 0.1) is 6.92 Å². The van der Waals surface area contributed by atoms with E-state index < -0.39 is 10.0 Å². The predicted molar refractivity (Wildman–Crippen MR) is 75.5 cm³/mol. The van der Waals surface area contributed by atoms with Gasteiger partial charge in [0.1, 0.15) is 16.4 Å². The molecule has 0 bridgehead atoms. The minimum Gasteiger partial charge on any atom is -0.495 e. The van der Waals surface area contributed by atoms with E-state index in [4.69, 9.17) is 20.8 Å². The van der Waals surface area contributed by atoms with Gasteiger partial charge in [0.25, 0.3) is 0 Å². The fourth-order valence-electron chi connectivity index (χ4n) is 1.68. The van der Waals surface area contributed by atoms with Gasteiger partial charge in [-0.25, -0.2) is 13.1 Å². The summed E-state index contributed by atoms with van der Waals surface area (Å²) in [5, 5.41) is 0.215. The minimum atomic E-state index is -3.69. The molecule has 2 aromatic rings. The van der Waals surface area contributed by atoms with Crippen LogP contribution in [0.4, 0.5) is 0 Å². The van der Waals surface area contributed by atoms with Crippen molar-refractivity contribution in [1.29, 1.82) is 0 Å². The molecule has 0 atom stereocenters. The zero-order valence-corrected chi connectivity index (χ0v) is 12.6. The Kier molecular flexibility index (Phi) is 4.37. The van der Waals surface area contributed by atoms with Crippen molar-refractivity contribution in [3.05, 3.63) is 46.9 Å². The molecule has 0 amide bonds. The molecule has 2 rings (SSSR count). The van der Waals surface area contributed by atoms with Gasteiger partial charge in [0.05, 0.1) is 13.7 Å². The highest BCUT2D eigenvalue weighted by Gasteiger charge is 2.19. The number of hydrogen-bond donors (Lipinski definition) is 1. The number of rotatable bonds is 5. The van der Waals surface area contributed by atoms with Gasteiger partial charge < -0.3 is 9.15 Å². The smallest absolute Gasteiger partial charge is 0.244 e. The third kappa shape index (κ3) is 3.33. The molecule has 0 aliphatic carbocycles. The summed E-state index contributed by atoms with van der Waals surface area (Å²) < 4.78 is 37.2. The molecule has 1 heterocycles. The number of hydrogen-bond acceptors (Lipinski definition) is 4. The number of furan rings is 1. The lowest BCUT2D eigenvalue weighted by molar-refractivity contribution is 0.402. The first kappa shape index (κ1) is 14.9. The molecule has 0 saturated heterocycles. The van der Waals surface area contributed by atoms with Crippen molar-refractivity contribution in [2.45, 2.75) is 18.4 Å². The highest BCUT2D eigenvalue weighted by Crippen LogP contribution is 2.24. The Morgan fingerprint density at radius 2 is 2.05 bits per heavy atom. The average Bonchev–Trinajstić information content (AvgIpc) is 2.82. The highest BCUT2D eigenvalue weighted by molar-refractivity contribution is 7.89.